The minimum absolute atomic E-state index is 0.267. The van der Waals surface area contributed by atoms with Crippen LogP contribution in [0.3, 0.4) is 0 Å². The van der Waals surface area contributed by atoms with Gasteiger partial charge in [-0.3, -0.25) is 9.69 Å². The lowest BCUT2D eigenvalue weighted by Crippen LogP contribution is -2.52. The highest BCUT2D eigenvalue weighted by molar-refractivity contribution is 5.78. The number of hydrogen-bond donors (Lipinski definition) is 2. The van der Waals surface area contributed by atoms with Crippen LogP contribution in [0.15, 0.2) is 0 Å². The van der Waals surface area contributed by atoms with Gasteiger partial charge in [0, 0.05) is 13.1 Å². The Morgan fingerprint density at radius 3 is 2.40 bits per heavy atom. The molecule has 0 amide bonds. The fourth-order valence-corrected chi connectivity index (χ4v) is 3.13. The molecule has 118 valence electrons. The van der Waals surface area contributed by atoms with Crippen molar-refractivity contribution < 1.29 is 14.6 Å². The van der Waals surface area contributed by atoms with E-state index in [1.54, 1.807) is 0 Å². The van der Waals surface area contributed by atoms with E-state index >= 15 is 0 Å². The molecule has 0 aromatic rings. The first-order valence-corrected chi connectivity index (χ1v) is 7.79. The Kier molecular flexibility index (Phi) is 6.92. The summed E-state index contributed by atoms with van der Waals surface area (Å²) in [7, 11) is 0. The number of ether oxygens (including phenoxy) is 1. The molecule has 1 fully saturated rings. The molecule has 0 aliphatic carbocycles. The molecule has 1 aliphatic rings. The molecule has 3 unspecified atom stereocenters. The molecule has 0 aromatic carbocycles. The molecular weight excluding hydrogens is 256 g/mol. The minimum Gasteiger partial charge on any atom is -0.480 e. The van der Waals surface area contributed by atoms with Crippen LogP contribution in [0.4, 0.5) is 0 Å². The second kappa shape index (κ2) is 7.96. The number of carboxylic acids is 1. The van der Waals surface area contributed by atoms with Crippen LogP contribution >= 0.6 is 0 Å². The number of likely N-dealkylation sites (N-methyl/N-ethyl adjacent to an activating group) is 1. The number of aliphatic carboxylic acids is 1. The summed E-state index contributed by atoms with van der Waals surface area (Å²) in [5, 5.41) is 12.6. The lowest BCUT2D eigenvalue weighted by molar-refractivity contribution is -0.145. The number of hydrogen-bond acceptors (Lipinski definition) is 4. The Hall–Kier alpha value is -0.650. The van der Waals surface area contributed by atoms with Gasteiger partial charge in [0.2, 0.25) is 0 Å². The van der Waals surface area contributed by atoms with Crippen LogP contribution in [0.25, 0.3) is 0 Å². The summed E-state index contributed by atoms with van der Waals surface area (Å²) in [6.45, 7) is 11.6. The number of nitrogens with zero attached hydrogens (tertiary/aromatic N) is 1. The topological polar surface area (TPSA) is 61.8 Å². The normalized spacial score (nSPS) is 27.2. The summed E-state index contributed by atoms with van der Waals surface area (Å²) in [5.74, 6) is -0.731. The number of nitrogens with one attached hydrogen (secondary N) is 1. The second-order valence-corrected chi connectivity index (χ2v) is 5.89. The molecule has 0 saturated carbocycles. The summed E-state index contributed by atoms with van der Waals surface area (Å²) >= 11 is 0. The minimum atomic E-state index is -0.766. The molecule has 0 spiro atoms. The van der Waals surface area contributed by atoms with Gasteiger partial charge in [0.1, 0.15) is 5.54 Å². The molecule has 3 atom stereocenters. The molecule has 5 nitrogen and oxygen atoms in total. The summed E-state index contributed by atoms with van der Waals surface area (Å²) in [6.07, 6.45) is 2.72. The van der Waals surface area contributed by atoms with E-state index in [-0.39, 0.29) is 12.2 Å². The van der Waals surface area contributed by atoms with E-state index in [0.29, 0.717) is 19.4 Å². The number of carboxylic acid groups (broad SMARTS) is 1. The summed E-state index contributed by atoms with van der Waals surface area (Å²) < 4.78 is 5.71. The maximum Gasteiger partial charge on any atom is 0.323 e. The van der Waals surface area contributed by atoms with E-state index in [2.05, 4.69) is 24.1 Å². The molecule has 1 heterocycles. The quantitative estimate of drug-likeness (QED) is 0.711. The van der Waals surface area contributed by atoms with Crippen LogP contribution in [0.1, 0.15) is 47.0 Å². The van der Waals surface area contributed by atoms with Gasteiger partial charge >= 0.3 is 5.97 Å². The van der Waals surface area contributed by atoms with Crippen LogP contribution in [-0.4, -0.2) is 59.9 Å². The molecule has 20 heavy (non-hydrogen) atoms. The Balaban J connectivity index is 2.46. The third-order valence-electron chi connectivity index (χ3n) is 4.10. The van der Waals surface area contributed by atoms with Crippen molar-refractivity contribution in [1.29, 1.82) is 0 Å². The predicted molar refractivity (Wildman–Crippen MR) is 80.0 cm³/mol. The van der Waals surface area contributed by atoms with E-state index < -0.39 is 11.5 Å². The average molecular weight is 286 g/mol. The highest BCUT2D eigenvalue weighted by atomic mass is 16.5. The van der Waals surface area contributed by atoms with E-state index in [1.807, 2.05) is 13.8 Å². The van der Waals surface area contributed by atoms with Crippen LogP contribution < -0.4 is 5.32 Å². The maximum atomic E-state index is 11.5. The van der Waals surface area contributed by atoms with E-state index in [0.717, 1.165) is 26.1 Å². The van der Waals surface area contributed by atoms with Gasteiger partial charge in [0.15, 0.2) is 0 Å². The standard InChI is InChI=1S/C15H30N2O3/c1-5-15(14(18)19,16-6-2)8-7-9-17-10-12(3)20-13(4)11-17/h12-13,16H,5-11H2,1-4H3,(H,18,19). The molecule has 0 radical (unpaired) electrons. The Bertz CT molecular complexity index is 301. The van der Waals surface area contributed by atoms with E-state index in [9.17, 15) is 9.90 Å². The molecule has 5 heteroatoms. The van der Waals surface area contributed by atoms with Gasteiger partial charge in [0.05, 0.1) is 12.2 Å². The molecule has 2 N–H and O–H groups in total. The Labute approximate surface area is 122 Å². The van der Waals surface area contributed by atoms with Gasteiger partial charge in [-0.15, -0.1) is 0 Å². The van der Waals surface area contributed by atoms with Crippen LogP contribution in [-0.2, 0) is 9.53 Å². The van der Waals surface area contributed by atoms with Crippen molar-refractivity contribution in [1.82, 2.24) is 10.2 Å². The SMILES string of the molecule is CCNC(CC)(CCCN1CC(C)OC(C)C1)C(=O)O. The first-order chi connectivity index (χ1) is 9.43. The molecule has 0 bridgehead atoms. The maximum absolute atomic E-state index is 11.5. The summed E-state index contributed by atoms with van der Waals surface area (Å²) in [6, 6.07) is 0. The van der Waals surface area contributed by atoms with Gasteiger partial charge in [-0.1, -0.05) is 13.8 Å². The van der Waals surface area contributed by atoms with E-state index in [1.165, 1.54) is 0 Å². The fourth-order valence-electron chi connectivity index (χ4n) is 3.13. The van der Waals surface area contributed by atoms with Gasteiger partial charge in [0.25, 0.3) is 0 Å². The van der Waals surface area contributed by atoms with Crippen molar-refractivity contribution in [2.75, 3.05) is 26.2 Å². The molecule has 1 aliphatic heterocycles. The lowest BCUT2D eigenvalue weighted by Gasteiger charge is -2.36. The summed E-state index contributed by atoms with van der Waals surface area (Å²) in [5.41, 5.74) is -0.766. The predicted octanol–water partition coefficient (Wildman–Crippen LogP) is 1.72. The monoisotopic (exact) mass is 286 g/mol. The molecule has 0 aromatic heterocycles. The molecule has 1 rings (SSSR count). The number of carbonyl (C=O) groups is 1. The zero-order valence-corrected chi connectivity index (χ0v) is 13.3. The van der Waals surface area contributed by atoms with Crippen molar-refractivity contribution in [2.45, 2.75) is 64.7 Å². The van der Waals surface area contributed by atoms with Crippen LogP contribution in [0.2, 0.25) is 0 Å². The lowest BCUT2D eigenvalue weighted by atomic mass is 9.90. The highest BCUT2D eigenvalue weighted by Gasteiger charge is 2.35. The largest absolute Gasteiger partial charge is 0.480 e. The number of morpholine rings is 1. The third kappa shape index (κ3) is 4.72. The van der Waals surface area contributed by atoms with Crippen molar-refractivity contribution in [3.63, 3.8) is 0 Å². The van der Waals surface area contributed by atoms with Crippen molar-refractivity contribution >= 4 is 5.97 Å². The van der Waals surface area contributed by atoms with Gasteiger partial charge in [-0.05, 0) is 46.2 Å². The first-order valence-electron chi connectivity index (χ1n) is 7.79. The van der Waals surface area contributed by atoms with Crippen molar-refractivity contribution in [3.05, 3.63) is 0 Å². The third-order valence-corrected chi connectivity index (χ3v) is 4.10. The first kappa shape index (κ1) is 17.4. The number of rotatable bonds is 8. The Morgan fingerprint density at radius 1 is 1.35 bits per heavy atom. The smallest absolute Gasteiger partial charge is 0.323 e. The van der Waals surface area contributed by atoms with Gasteiger partial charge < -0.3 is 15.2 Å². The van der Waals surface area contributed by atoms with Gasteiger partial charge in [-0.25, -0.2) is 0 Å². The zero-order chi connectivity index (χ0) is 15.2. The average Bonchev–Trinajstić information content (AvgIpc) is 2.36. The fraction of sp³-hybridized carbons (Fsp3) is 0.933. The Morgan fingerprint density at radius 2 is 1.95 bits per heavy atom. The van der Waals surface area contributed by atoms with E-state index in [4.69, 9.17) is 4.74 Å². The molecular formula is C15H30N2O3. The zero-order valence-electron chi connectivity index (χ0n) is 13.3. The van der Waals surface area contributed by atoms with Crippen LogP contribution in [0.5, 0.6) is 0 Å². The van der Waals surface area contributed by atoms with Crippen molar-refractivity contribution in [3.8, 4) is 0 Å². The molecule has 1 saturated heterocycles. The summed E-state index contributed by atoms with van der Waals surface area (Å²) in [4.78, 5) is 13.9. The highest BCUT2D eigenvalue weighted by Crippen LogP contribution is 2.19. The second-order valence-electron chi connectivity index (χ2n) is 5.89. The van der Waals surface area contributed by atoms with Crippen LogP contribution in [0, 0.1) is 0 Å². The van der Waals surface area contributed by atoms with Gasteiger partial charge in [-0.2, -0.15) is 0 Å². The van der Waals surface area contributed by atoms with Crippen molar-refractivity contribution in [2.24, 2.45) is 0 Å².